The van der Waals surface area contributed by atoms with E-state index >= 15 is 0 Å². The maximum absolute atomic E-state index is 6.42. The Bertz CT molecular complexity index is 2030. The van der Waals surface area contributed by atoms with Crippen LogP contribution in [0.15, 0.2) is 97.2 Å². The largest absolute Gasteiger partial charge is 0.408 e. The second kappa shape index (κ2) is 9.31. The summed E-state index contributed by atoms with van der Waals surface area (Å²) < 4.78 is 2.04. The fourth-order valence-electron chi connectivity index (χ4n) is 7.12. The Balaban J connectivity index is 1.24. The van der Waals surface area contributed by atoms with Gasteiger partial charge in [0.1, 0.15) is 6.61 Å². The number of nitrogens with zero attached hydrogens (tertiary/aromatic N) is 2. The summed E-state index contributed by atoms with van der Waals surface area (Å²) in [6.45, 7) is 3.75. The van der Waals surface area contributed by atoms with Crippen LogP contribution in [0.5, 0.6) is 0 Å². The minimum Gasteiger partial charge on any atom is -0.408 e. The Morgan fingerprint density at radius 2 is 1.57 bits per heavy atom. The number of aromatic nitrogens is 1. The van der Waals surface area contributed by atoms with E-state index in [1.165, 1.54) is 55.1 Å². The van der Waals surface area contributed by atoms with Gasteiger partial charge in [-0.25, -0.2) is 0 Å². The minimum absolute atomic E-state index is 0.419. The maximum Gasteiger partial charge on any atom is 0.140 e. The van der Waals surface area contributed by atoms with Crippen molar-refractivity contribution in [2.45, 2.75) is 45.3 Å². The lowest BCUT2D eigenvalue weighted by atomic mass is 9.83. The highest BCUT2D eigenvalue weighted by molar-refractivity contribution is 5.88. The predicted molar refractivity (Wildman–Crippen MR) is 162 cm³/mol. The van der Waals surface area contributed by atoms with Crippen molar-refractivity contribution in [1.82, 2.24) is 9.63 Å². The summed E-state index contributed by atoms with van der Waals surface area (Å²) in [5, 5.41) is 6.85. The first kappa shape index (κ1) is 23.4. The van der Waals surface area contributed by atoms with Crippen molar-refractivity contribution in [2.24, 2.45) is 0 Å². The van der Waals surface area contributed by atoms with Gasteiger partial charge in [0.25, 0.3) is 0 Å². The number of para-hydroxylation sites is 1. The second-order valence-electron chi connectivity index (χ2n) is 11.3. The first-order chi connectivity index (χ1) is 19.8. The normalized spacial score (nSPS) is 17.1. The van der Waals surface area contributed by atoms with Gasteiger partial charge in [-0.1, -0.05) is 97.9 Å². The molecule has 0 saturated carbocycles. The quantitative estimate of drug-likeness (QED) is 0.273. The van der Waals surface area contributed by atoms with Gasteiger partial charge in [-0.2, -0.15) is 4.73 Å². The zero-order valence-corrected chi connectivity index (χ0v) is 22.8. The van der Waals surface area contributed by atoms with Gasteiger partial charge in [0.05, 0.1) is 17.8 Å². The smallest absolute Gasteiger partial charge is 0.140 e. The molecule has 0 amide bonds. The van der Waals surface area contributed by atoms with Crippen molar-refractivity contribution in [3.63, 3.8) is 0 Å². The highest BCUT2D eigenvalue weighted by atomic mass is 16.7. The van der Waals surface area contributed by atoms with E-state index in [0.29, 0.717) is 12.5 Å². The van der Waals surface area contributed by atoms with Gasteiger partial charge >= 0.3 is 0 Å². The highest BCUT2D eigenvalue weighted by Gasteiger charge is 2.26. The van der Waals surface area contributed by atoms with Crippen LogP contribution in [0, 0.1) is 10.4 Å². The molecule has 4 aromatic carbocycles. The second-order valence-corrected chi connectivity index (χ2v) is 11.3. The molecule has 3 heteroatoms. The zero-order valence-electron chi connectivity index (χ0n) is 22.8. The van der Waals surface area contributed by atoms with Gasteiger partial charge in [-0.3, -0.25) is 0 Å². The van der Waals surface area contributed by atoms with Gasteiger partial charge in [-0.05, 0) is 69.0 Å². The van der Waals surface area contributed by atoms with Crippen LogP contribution in [0.3, 0.4) is 0 Å². The van der Waals surface area contributed by atoms with Crippen molar-refractivity contribution >= 4 is 28.8 Å². The van der Waals surface area contributed by atoms with Crippen molar-refractivity contribution in [3.8, 4) is 0 Å². The molecule has 0 saturated heterocycles. The van der Waals surface area contributed by atoms with Crippen molar-refractivity contribution < 1.29 is 4.84 Å². The van der Waals surface area contributed by atoms with Crippen LogP contribution < -0.4 is 15.3 Å². The SMILES string of the molecule is CC1C=c2ccccc2=c2ccc3c(c21)CCCC=3N1C=Cc2c(c3ccccc3n2OCc2ccccc2)C1. The average Bonchev–Trinajstić information content (AvgIpc) is 3.32. The molecule has 0 bridgehead atoms. The Hall–Kier alpha value is -4.50. The van der Waals surface area contributed by atoms with E-state index in [4.69, 9.17) is 4.84 Å². The third-order valence-corrected chi connectivity index (χ3v) is 8.91. The molecule has 0 fully saturated rings. The first-order valence-corrected chi connectivity index (χ1v) is 14.5. The van der Waals surface area contributed by atoms with E-state index in [1.807, 2.05) is 10.8 Å². The predicted octanol–water partition coefficient (Wildman–Crippen LogP) is 6.39. The summed E-state index contributed by atoms with van der Waals surface area (Å²) >= 11 is 0. The number of rotatable bonds is 4. The fraction of sp³-hybridized carbons (Fsp3) is 0.189. The lowest BCUT2D eigenvalue weighted by Crippen LogP contribution is -2.31. The summed E-state index contributed by atoms with van der Waals surface area (Å²) in [5.41, 5.74) is 9.29. The molecule has 5 aromatic rings. The number of hydrogen-bond donors (Lipinski definition) is 0. The number of fused-ring (bicyclic) bond motifs is 7. The van der Waals surface area contributed by atoms with Gasteiger partial charge in [0, 0.05) is 28.8 Å². The number of hydrogen-bond acceptors (Lipinski definition) is 2. The third kappa shape index (κ3) is 3.65. The van der Waals surface area contributed by atoms with Crippen LogP contribution in [0.25, 0.3) is 28.8 Å². The van der Waals surface area contributed by atoms with Gasteiger partial charge in [-0.15, -0.1) is 0 Å². The summed E-state index contributed by atoms with van der Waals surface area (Å²) in [6, 6.07) is 32.7. The molecular formula is C37H32N2O. The lowest BCUT2D eigenvalue weighted by Gasteiger charge is -2.31. The molecular weight excluding hydrogens is 488 g/mol. The Labute approximate surface area is 234 Å². The molecule has 1 aromatic heterocycles. The van der Waals surface area contributed by atoms with Crippen molar-refractivity contribution in [3.05, 3.63) is 146 Å². The molecule has 8 rings (SSSR count). The molecule has 196 valence electrons. The minimum atomic E-state index is 0.419. The van der Waals surface area contributed by atoms with E-state index in [1.54, 1.807) is 5.56 Å². The highest BCUT2D eigenvalue weighted by Crippen LogP contribution is 2.35. The molecule has 0 radical (unpaired) electrons. The summed E-state index contributed by atoms with van der Waals surface area (Å²) in [7, 11) is 0. The van der Waals surface area contributed by atoms with E-state index in [-0.39, 0.29) is 0 Å². The zero-order chi connectivity index (χ0) is 26.6. The molecule has 1 aliphatic heterocycles. The molecule has 1 unspecified atom stereocenters. The number of benzene rings is 4. The van der Waals surface area contributed by atoms with Crippen molar-refractivity contribution in [1.29, 1.82) is 0 Å². The molecule has 2 heterocycles. The van der Waals surface area contributed by atoms with E-state index in [2.05, 4.69) is 115 Å². The van der Waals surface area contributed by atoms with Crippen LogP contribution in [0.2, 0.25) is 0 Å². The maximum atomic E-state index is 6.42. The van der Waals surface area contributed by atoms with Crippen LogP contribution in [0.1, 0.15) is 53.6 Å². The summed E-state index contributed by atoms with van der Waals surface area (Å²) in [6.07, 6.45) is 10.4. The monoisotopic (exact) mass is 520 g/mol. The molecule has 40 heavy (non-hydrogen) atoms. The van der Waals surface area contributed by atoms with Gasteiger partial charge in [0.15, 0.2) is 0 Å². The average molecular weight is 521 g/mol. The molecule has 0 spiro atoms. The van der Waals surface area contributed by atoms with Crippen LogP contribution in [-0.4, -0.2) is 9.63 Å². The lowest BCUT2D eigenvalue weighted by molar-refractivity contribution is 0.105. The summed E-state index contributed by atoms with van der Waals surface area (Å²) in [4.78, 5) is 8.91. The molecule has 1 atom stereocenters. The molecule has 2 aliphatic carbocycles. The van der Waals surface area contributed by atoms with Gasteiger partial charge in [0.2, 0.25) is 0 Å². The van der Waals surface area contributed by atoms with E-state index < -0.39 is 0 Å². The van der Waals surface area contributed by atoms with Crippen LogP contribution in [-0.2, 0) is 19.6 Å². The Kier molecular flexibility index (Phi) is 5.44. The fourth-order valence-corrected chi connectivity index (χ4v) is 7.12. The van der Waals surface area contributed by atoms with Crippen molar-refractivity contribution in [2.75, 3.05) is 0 Å². The Morgan fingerprint density at radius 3 is 2.50 bits per heavy atom. The standard InChI is InChI=1S/C37H32N2O/c1-25-22-27-12-5-6-13-28(27)32-19-18-30-31(37(25)32)15-9-17-34(30)38-21-20-36-33(23-38)29-14-7-8-16-35(29)39(36)40-24-26-10-3-2-4-11-26/h2-8,10-14,16,18-22,25H,9,15,17,23-24H2,1H3. The molecule has 0 N–H and O–H groups in total. The van der Waals surface area contributed by atoms with E-state index in [0.717, 1.165) is 30.6 Å². The first-order valence-electron chi connectivity index (χ1n) is 14.5. The molecule has 3 aliphatic rings. The third-order valence-electron chi connectivity index (χ3n) is 8.91. The van der Waals surface area contributed by atoms with E-state index in [9.17, 15) is 0 Å². The topological polar surface area (TPSA) is 17.4 Å². The van der Waals surface area contributed by atoms with Crippen LogP contribution >= 0.6 is 0 Å². The van der Waals surface area contributed by atoms with Crippen LogP contribution in [0.4, 0.5) is 0 Å². The Morgan fingerprint density at radius 1 is 0.775 bits per heavy atom. The molecule has 3 nitrogen and oxygen atoms in total. The van der Waals surface area contributed by atoms with Gasteiger partial charge < -0.3 is 9.74 Å². The summed E-state index contributed by atoms with van der Waals surface area (Å²) in [5.74, 6) is 0.419.